The number of likely N-dealkylation sites (tertiary alicyclic amines) is 1. The average Bonchev–Trinajstić information content (AvgIpc) is 3.61. The van der Waals surface area contributed by atoms with Gasteiger partial charge in [-0.15, -0.1) is 48.6 Å². The van der Waals surface area contributed by atoms with Crippen molar-refractivity contribution in [1.29, 1.82) is 0 Å². The lowest BCUT2D eigenvalue weighted by molar-refractivity contribution is -0.145. The van der Waals surface area contributed by atoms with Gasteiger partial charge in [-0.2, -0.15) is 13.2 Å². The number of nitrogens with zero attached hydrogens (tertiary/aromatic N) is 3. The number of rotatable bonds is 11. The van der Waals surface area contributed by atoms with Gasteiger partial charge in [-0.3, -0.25) is 9.69 Å². The van der Waals surface area contributed by atoms with Crippen LogP contribution in [-0.2, 0) is 23.8 Å². The largest absolute Gasteiger partial charge is 0.480 e. The van der Waals surface area contributed by atoms with Crippen LogP contribution in [0.4, 0.5) is 17.6 Å². The molecule has 2 aliphatic rings. The van der Waals surface area contributed by atoms with Crippen molar-refractivity contribution in [2.45, 2.75) is 89.4 Å². The second kappa shape index (κ2) is 18.5. The van der Waals surface area contributed by atoms with Crippen molar-refractivity contribution in [2.24, 2.45) is 11.8 Å². The molecule has 4 atom stereocenters. The molecule has 1 aliphatic carbocycles. The van der Waals surface area contributed by atoms with Gasteiger partial charge in [-0.1, -0.05) is 45.0 Å². The Hall–Kier alpha value is -1.95. The number of carbonyl (C=O) groups is 1. The van der Waals surface area contributed by atoms with Crippen LogP contribution in [0.15, 0.2) is 48.5 Å². The Morgan fingerprint density at radius 2 is 1.71 bits per heavy atom. The Labute approximate surface area is 310 Å². The number of aryl methyl sites for hydroxylation is 1. The van der Waals surface area contributed by atoms with Crippen LogP contribution in [0.3, 0.4) is 0 Å². The quantitative estimate of drug-likeness (QED) is 0.197. The molecule has 1 aliphatic heterocycles. The summed E-state index contributed by atoms with van der Waals surface area (Å²) in [6.45, 7) is 8.76. The lowest BCUT2D eigenvalue weighted by Gasteiger charge is -2.35. The predicted molar refractivity (Wildman–Crippen MR) is 196 cm³/mol. The monoisotopic (exact) mass is 767 g/mol. The average molecular weight is 769 g/mol. The topological polar surface area (TPSA) is 56.7 Å². The minimum atomic E-state index is -4.34. The minimum absolute atomic E-state index is 0. The molecule has 3 aromatic rings. The number of carboxylic acids is 1. The van der Waals surface area contributed by atoms with Crippen molar-refractivity contribution in [3.63, 3.8) is 0 Å². The van der Waals surface area contributed by atoms with Crippen LogP contribution in [0.5, 0.6) is 0 Å². The number of aromatic nitrogens is 1. The number of likely N-dealkylation sites (N-methyl/N-ethyl adjacent to an activating group) is 1. The Bertz CT molecular complexity index is 1480. The molecule has 1 saturated heterocycles. The highest BCUT2D eigenvalue weighted by atomic mass is 35.5. The predicted octanol–water partition coefficient (Wildman–Crippen LogP) is 9.50. The Balaban J connectivity index is 0.00000278. The highest BCUT2D eigenvalue weighted by molar-refractivity contribution is 7.11. The lowest BCUT2D eigenvalue weighted by Crippen LogP contribution is -2.47. The number of halogens is 7. The van der Waals surface area contributed by atoms with E-state index >= 15 is 0 Å². The summed E-state index contributed by atoms with van der Waals surface area (Å²) in [5.41, 5.74) is 2.27. The molecule has 1 saturated carbocycles. The van der Waals surface area contributed by atoms with Gasteiger partial charge >= 0.3 is 12.1 Å². The molecule has 2 heterocycles. The molecule has 49 heavy (non-hydrogen) atoms. The van der Waals surface area contributed by atoms with Gasteiger partial charge in [0, 0.05) is 23.9 Å². The first-order valence-corrected chi connectivity index (χ1v) is 17.2. The molecule has 1 aromatic heterocycles. The van der Waals surface area contributed by atoms with Crippen molar-refractivity contribution in [1.82, 2.24) is 14.8 Å². The molecule has 2 aromatic carbocycles. The lowest BCUT2D eigenvalue weighted by atomic mass is 9.87. The second-order valence-corrected chi connectivity index (χ2v) is 14.6. The molecule has 3 unspecified atom stereocenters. The third kappa shape index (κ3) is 10.5. The Kier molecular flexibility index (Phi) is 16.3. The standard InChI is InChI=1S/C36H45F4N3O2S.3ClH/c1-5-31-34(46-32(41-31)17-23-9-11-27(12-10-23)36(38,39)40)24-13-15-43(16-14-24)21-26-19-29(42(4)33(22(2)3)35(44)45)20-30(26)25-7-6-8-28(37)18-25;;;/h6-12,18,22,24,26,29-30,33H,5,13-17,19-21H2,1-4H3,(H,44,45);3*1H/t26?,29?,30?,33-;;;/m1.../s1. The van der Waals surface area contributed by atoms with Gasteiger partial charge in [0.1, 0.15) is 11.9 Å². The summed E-state index contributed by atoms with van der Waals surface area (Å²) in [4.78, 5) is 22.9. The molecule has 0 radical (unpaired) electrons. The summed E-state index contributed by atoms with van der Waals surface area (Å²) in [5, 5.41) is 10.9. The van der Waals surface area contributed by atoms with Gasteiger partial charge in [0.15, 0.2) is 0 Å². The van der Waals surface area contributed by atoms with Crippen LogP contribution in [0.1, 0.15) is 90.6 Å². The van der Waals surface area contributed by atoms with Crippen LogP contribution in [0, 0.1) is 17.7 Å². The molecule has 13 heteroatoms. The fourth-order valence-corrected chi connectivity index (χ4v) is 9.05. The molecular weight excluding hydrogens is 721 g/mol. The molecule has 1 N–H and O–H groups in total. The van der Waals surface area contributed by atoms with E-state index in [1.807, 2.05) is 31.9 Å². The molecule has 2 fully saturated rings. The normalized spacial score (nSPS) is 20.8. The van der Waals surface area contributed by atoms with E-state index in [1.54, 1.807) is 35.6 Å². The van der Waals surface area contributed by atoms with Gasteiger partial charge in [0.05, 0.1) is 16.3 Å². The summed E-state index contributed by atoms with van der Waals surface area (Å²) in [6.07, 6.45) is 0.681. The van der Waals surface area contributed by atoms with Crippen molar-refractivity contribution in [3.05, 3.63) is 86.6 Å². The number of benzene rings is 2. The molecule has 0 amide bonds. The van der Waals surface area contributed by atoms with Gasteiger partial charge in [-0.05, 0) is 111 Å². The van der Waals surface area contributed by atoms with E-state index in [0.717, 1.165) is 85.7 Å². The molecular formula is C36H48Cl3F4N3O2S. The first-order chi connectivity index (χ1) is 21.8. The molecule has 5 nitrogen and oxygen atoms in total. The van der Waals surface area contributed by atoms with Crippen LogP contribution < -0.4 is 0 Å². The van der Waals surface area contributed by atoms with Crippen molar-refractivity contribution >= 4 is 54.5 Å². The van der Waals surface area contributed by atoms with Crippen LogP contribution >= 0.6 is 48.6 Å². The zero-order valence-corrected chi connectivity index (χ0v) is 31.6. The van der Waals surface area contributed by atoms with Gasteiger partial charge in [-0.25, -0.2) is 9.37 Å². The van der Waals surface area contributed by atoms with E-state index in [1.165, 1.54) is 10.9 Å². The van der Waals surface area contributed by atoms with Crippen LogP contribution in [-0.4, -0.2) is 64.6 Å². The van der Waals surface area contributed by atoms with Crippen molar-refractivity contribution < 1.29 is 27.5 Å². The van der Waals surface area contributed by atoms with E-state index in [9.17, 15) is 27.5 Å². The third-order valence-corrected chi connectivity index (χ3v) is 11.3. The molecule has 274 valence electrons. The molecule has 0 spiro atoms. The number of alkyl halides is 3. The highest BCUT2D eigenvalue weighted by Gasteiger charge is 2.42. The van der Waals surface area contributed by atoms with Crippen LogP contribution in [0.2, 0.25) is 0 Å². The first-order valence-electron chi connectivity index (χ1n) is 16.4. The second-order valence-electron chi connectivity index (χ2n) is 13.5. The number of hydrogen-bond donors (Lipinski definition) is 1. The maximum atomic E-state index is 14.3. The fraction of sp³-hybridized carbons (Fsp3) is 0.556. The number of piperidine rings is 1. The summed E-state index contributed by atoms with van der Waals surface area (Å²) in [7, 11) is 1.92. The molecule has 5 rings (SSSR count). The fourth-order valence-electron chi connectivity index (χ4n) is 7.69. The summed E-state index contributed by atoms with van der Waals surface area (Å²) in [6, 6.07) is 11.8. The third-order valence-electron chi connectivity index (χ3n) is 10.0. The van der Waals surface area contributed by atoms with Crippen molar-refractivity contribution in [2.75, 3.05) is 26.7 Å². The van der Waals surface area contributed by atoms with E-state index in [2.05, 4.69) is 11.8 Å². The van der Waals surface area contributed by atoms with Gasteiger partial charge in [0.25, 0.3) is 0 Å². The first kappa shape index (κ1) is 43.2. The zero-order chi connectivity index (χ0) is 33.2. The minimum Gasteiger partial charge on any atom is -0.480 e. The number of aliphatic carboxylic acids is 1. The van der Waals surface area contributed by atoms with E-state index in [0.29, 0.717) is 12.3 Å². The van der Waals surface area contributed by atoms with Crippen LogP contribution in [0.25, 0.3) is 0 Å². The van der Waals surface area contributed by atoms with Gasteiger partial charge < -0.3 is 10.0 Å². The van der Waals surface area contributed by atoms with E-state index < -0.39 is 23.8 Å². The number of hydrogen-bond acceptors (Lipinski definition) is 5. The van der Waals surface area contributed by atoms with Gasteiger partial charge in [0.2, 0.25) is 0 Å². The zero-order valence-electron chi connectivity index (χ0n) is 28.3. The number of thiazole rings is 1. The summed E-state index contributed by atoms with van der Waals surface area (Å²) < 4.78 is 53.3. The molecule has 0 bridgehead atoms. The Morgan fingerprint density at radius 3 is 2.27 bits per heavy atom. The van der Waals surface area contributed by atoms with E-state index in [-0.39, 0.29) is 66.8 Å². The maximum absolute atomic E-state index is 14.3. The van der Waals surface area contributed by atoms with Crippen molar-refractivity contribution in [3.8, 4) is 0 Å². The summed E-state index contributed by atoms with van der Waals surface area (Å²) >= 11 is 1.70. The maximum Gasteiger partial charge on any atom is 0.416 e. The van der Waals surface area contributed by atoms with E-state index in [4.69, 9.17) is 4.98 Å². The Morgan fingerprint density at radius 1 is 1.06 bits per heavy atom. The SMILES string of the molecule is CCc1nc(Cc2ccc(C(F)(F)F)cc2)sc1C1CCN(CC2CC(N(C)[C@@H](C(=O)O)C(C)C)CC2c2cccc(F)c2)CC1.Cl.Cl.Cl. The number of carboxylic acid groups (broad SMARTS) is 1. The highest BCUT2D eigenvalue weighted by Crippen LogP contribution is 2.44. The smallest absolute Gasteiger partial charge is 0.416 e. The summed E-state index contributed by atoms with van der Waals surface area (Å²) in [5.74, 6) is -0.228.